The standard InChI is InChI=1S/C22H23ClN4O5/c1-2-3-10-26-13-15(11-20(26)28)22(30)24-16-6-4-14(5-7-16)21(29)25-17-8-9-18(23)19(12-17)27(31)32/h4-9,12,15H,2-3,10-11,13H2,1H3,(H,24,30)(H,25,29)/t15-/m0/s1. The van der Waals surface area contributed by atoms with Crippen LogP contribution in [0.2, 0.25) is 5.02 Å². The molecule has 1 heterocycles. The Morgan fingerprint density at radius 3 is 2.50 bits per heavy atom. The van der Waals surface area contributed by atoms with E-state index in [1.165, 1.54) is 30.3 Å². The molecular formula is C22H23ClN4O5. The summed E-state index contributed by atoms with van der Waals surface area (Å²) in [5.41, 5.74) is 0.749. The molecule has 3 rings (SSSR count). The summed E-state index contributed by atoms with van der Waals surface area (Å²) in [6.45, 7) is 3.13. The number of rotatable bonds is 8. The minimum atomic E-state index is -0.629. The van der Waals surface area contributed by atoms with E-state index in [2.05, 4.69) is 10.6 Å². The van der Waals surface area contributed by atoms with Crippen LogP contribution in [0.15, 0.2) is 42.5 Å². The highest BCUT2D eigenvalue weighted by Gasteiger charge is 2.33. The molecule has 0 aliphatic carbocycles. The number of nitrogens with one attached hydrogen (secondary N) is 2. The van der Waals surface area contributed by atoms with Gasteiger partial charge in [0.15, 0.2) is 0 Å². The number of carbonyl (C=O) groups is 3. The fourth-order valence-electron chi connectivity index (χ4n) is 3.40. The van der Waals surface area contributed by atoms with E-state index < -0.39 is 16.7 Å². The first-order valence-corrected chi connectivity index (χ1v) is 10.6. The summed E-state index contributed by atoms with van der Waals surface area (Å²) in [7, 11) is 0. The molecule has 2 aromatic carbocycles. The van der Waals surface area contributed by atoms with E-state index in [-0.39, 0.29) is 34.6 Å². The van der Waals surface area contributed by atoms with Crippen LogP contribution < -0.4 is 10.6 Å². The van der Waals surface area contributed by atoms with Gasteiger partial charge in [0.1, 0.15) is 5.02 Å². The number of hydrogen-bond donors (Lipinski definition) is 2. The van der Waals surface area contributed by atoms with Crippen LogP contribution >= 0.6 is 11.6 Å². The van der Waals surface area contributed by atoms with Crippen molar-refractivity contribution < 1.29 is 19.3 Å². The minimum absolute atomic E-state index is 0.00643. The van der Waals surface area contributed by atoms with Crippen molar-refractivity contribution in [2.75, 3.05) is 23.7 Å². The molecule has 10 heteroatoms. The summed E-state index contributed by atoms with van der Waals surface area (Å²) >= 11 is 5.78. The summed E-state index contributed by atoms with van der Waals surface area (Å²) in [4.78, 5) is 49.1. The zero-order valence-electron chi connectivity index (χ0n) is 17.5. The average molecular weight is 459 g/mol. The molecule has 1 atom stereocenters. The number of halogens is 1. The predicted octanol–water partition coefficient (Wildman–Crippen LogP) is 4.09. The number of likely N-dealkylation sites (tertiary alicyclic amines) is 1. The number of carbonyl (C=O) groups excluding carboxylic acids is 3. The van der Waals surface area contributed by atoms with Gasteiger partial charge in [-0.05, 0) is 42.8 Å². The van der Waals surface area contributed by atoms with E-state index in [0.29, 0.717) is 24.3 Å². The topological polar surface area (TPSA) is 122 Å². The Bertz CT molecular complexity index is 1040. The molecule has 0 bridgehead atoms. The second kappa shape index (κ2) is 10.2. The molecule has 1 saturated heterocycles. The first-order valence-electron chi connectivity index (χ1n) is 10.2. The third kappa shape index (κ3) is 5.61. The maximum Gasteiger partial charge on any atom is 0.289 e. The molecule has 1 aliphatic heterocycles. The van der Waals surface area contributed by atoms with E-state index in [1.807, 2.05) is 6.92 Å². The fraction of sp³-hybridized carbons (Fsp3) is 0.318. The van der Waals surface area contributed by atoms with Gasteiger partial charge in [0.05, 0.1) is 10.8 Å². The lowest BCUT2D eigenvalue weighted by molar-refractivity contribution is -0.384. The summed E-state index contributed by atoms with van der Waals surface area (Å²) in [6.07, 6.45) is 2.09. The van der Waals surface area contributed by atoms with E-state index in [1.54, 1.807) is 17.0 Å². The van der Waals surface area contributed by atoms with Gasteiger partial charge in [-0.3, -0.25) is 24.5 Å². The van der Waals surface area contributed by atoms with Gasteiger partial charge < -0.3 is 15.5 Å². The second-order valence-electron chi connectivity index (χ2n) is 7.54. The molecular weight excluding hydrogens is 436 g/mol. The molecule has 0 spiro atoms. The van der Waals surface area contributed by atoms with Crippen molar-refractivity contribution in [3.8, 4) is 0 Å². The number of nitrogens with zero attached hydrogens (tertiary/aromatic N) is 2. The van der Waals surface area contributed by atoms with Gasteiger partial charge in [-0.25, -0.2) is 0 Å². The van der Waals surface area contributed by atoms with Crippen molar-refractivity contribution >= 4 is 46.4 Å². The lowest BCUT2D eigenvalue weighted by Gasteiger charge is -2.16. The van der Waals surface area contributed by atoms with Crippen LogP contribution in [-0.4, -0.2) is 40.6 Å². The number of nitro benzene ring substituents is 1. The van der Waals surface area contributed by atoms with Crippen molar-refractivity contribution in [2.24, 2.45) is 5.92 Å². The molecule has 2 aromatic rings. The first-order chi connectivity index (χ1) is 15.3. The molecule has 3 amide bonds. The Kier molecular flexibility index (Phi) is 7.42. The Labute approximate surface area is 189 Å². The van der Waals surface area contributed by atoms with Crippen LogP contribution in [0.25, 0.3) is 0 Å². The van der Waals surface area contributed by atoms with Crippen molar-refractivity contribution in [1.82, 2.24) is 4.90 Å². The van der Waals surface area contributed by atoms with Crippen LogP contribution in [0.4, 0.5) is 17.1 Å². The number of amides is 3. The monoisotopic (exact) mass is 458 g/mol. The fourth-order valence-corrected chi connectivity index (χ4v) is 3.58. The van der Waals surface area contributed by atoms with E-state index in [4.69, 9.17) is 11.6 Å². The van der Waals surface area contributed by atoms with E-state index in [9.17, 15) is 24.5 Å². The van der Waals surface area contributed by atoms with Gasteiger partial charge in [0.25, 0.3) is 11.6 Å². The third-order valence-electron chi connectivity index (χ3n) is 5.18. The number of unbranched alkanes of at least 4 members (excludes halogenated alkanes) is 1. The summed E-state index contributed by atoms with van der Waals surface area (Å²) < 4.78 is 0. The lowest BCUT2D eigenvalue weighted by atomic mass is 10.1. The SMILES string of the molecule is CCCCN1C[C@@H](C(=O)Nc2ccc(C(=O)Nc3ccc(Cl)c([N+](=O)[O-])c3)cc2)CC1=O. The van der Waals surface area contributed by atoms with Gasteiger partial charge in [-0.2, -0.15) is 0 Å². The van der Waals surface area contributed by atoms with E-state index in [0.717, 1.165) is 12.8 Å². The minimum Gasteiger partial charge on any atom is -0.342 e. The molecule has 1 fully saturated rings. The van der Waals surface area contributed by atoms with Crippen LogP contribution in [0.1, 0.15) is 36.5 Å². The molecule has 1 aliphatic rings. The molecule has 0 saturated carbocycles. The maximum absolute atomic E-state index is 12.5. The Hall–Kier alpha value is -3.46. The van der Waals surface area contributed by atoms with Crippen LogP contribution in [0, 0.1) is 16.0 Å². The Morgan fingerprint density at radius 2 is 1.84 bits per heavy atom. The van der Waals surface area contributed by atoms with Crippen molar-refractivity contribution in [3.05, 3.63) is 63.2 Å². The molecule has 2 N–H and O–H groups in total. The third-order valence-corrected chi connectivity index (χ3v) is 5.50. The molecule has 168 valence electrons. The smallest absolute Gasteiger partial charge is 0.289 e. The van der Waals surface area contributed by atoms with Crippen LogP contribution in [0.3, 0.4) is 0 Å². The zero-order chi connectivity index (χ0) is 23.3. The number of nitro groups is 1. The first kappa shape index (κ1) is 23.2. The van der Waals surface area contributed by atoms with Crippen LogP contribution in [0.5, 0.6) is 0 Å². The van der Waals surface area contributed by atoms with Gasteiger partial charge in [0.2, 0.25) is 11.8 Å². The maximum atomic E-state index is 12.5. The van der Waals surface area contributed by atoms with Gasteiger partial charge >= 0.3 is 0 Å². The van der Waals surface area contributed by atoms with Crippen molar-refractivity contribution in [3.63, 3.8) is 0 Å². The second-order valence-corrected chi connectivity index (χ2v) is 7.95. The molecule has 32 heavy (non-hydrogen) atoms. The Morgan fingerprint density at radius 1 is 1.16 bits per heavy atom. The van der Waals surface area contributed by atoms with Crippen LogP contribution in [-0.2, 0) is 9.59 Å². The van der Waals surface area contributed by atoms with Gasteiger partial charge in [0, 0.05) is 42.5 Å². The zero-order valence-corrected chi connectivity index (χ0v) is 18.2. The molecule has 0 radical (unpaired) electrons. The highest BCUT2D eigenvalue weighted by Crippen LogP contribution is 2.27. The largest absolute Gasteiger partial charge is 0.342 e. The molecule has 9 nitrogen and oxygen atoms in total. The van der Waals surface area contributed by atoms with Gasteiger partial charge in [-0.15, -0.1) is 0 Å². The summed E-state index contributed by atoms with van der Waals surface area (Å²) in [5, 5.41) is 16.3. The van der Waals surface area contributed by atoms with Gasteiger partial charge in [-0.1, -0.05) is 24.9 Å². The number of benzene rings is 2. The van der Waals surface area contributed by atoms with Crippen molar-refractivity contribution in [2.45, 2.75) is 26.2 Å². The average Bonchev–Trinajstić information content (AvgIpc) is 3.14. The lowest BCUT2D eigenvalue weighted by Crippen LogP contribution is -2.29. The predicted molar refractivity (Wildman–Crippen MR) is 121 cm³/mol. The number of anilines is 2. The highest BCUT2D eigenvalue weighted by atomic mass is 35.5. The summed E-state index contributed by atoms with van der Waals surface area (Å²) in [5.74, 6) is -1.11. The molecule has 0 aromatic heterocycles. The highest BCUT2D eigenvalue weighted by molar-refractivity contribution is 6.32. The molecule has 0 unspecified atom stereocenters. The summed E-state index contributed by atoms with van der Waals surface area (Å²) in [6, 6.07) is 10.2. The number of hydrogen-bond acceptors (Lipinski definition) is 5. The normalized spacial score (nSPS) is 15.5. The quantitative estimate of drug-likeness (QED) is 0.455. The van der Waals surface area contributed by atoms with Crippen molar-refractivity contribution in [1.29, 1.82) is 0 Å². The van der Waals surface area contributed by atoms with E-state index >= 15 is 0 Å². The Balaban J connectivity index is 1.58.